The fourth-order valence-corrected chi connectivity index (χ4v) is 3.27. The van der Waals surface area contributed by atoms with Crippen molar-refractivity contribution in [1.82, 2.24) is 20.1 Å². The molecule has 0 aliphatic heterocycles. The molecule has 0 radical (unpaired) electrons. The Morgan fingerprint density at radius 3 is 2.72 bits per heavy atom. The molecule has 0 bridgehead atoms. The minimum atomic E-state index is -0.269. The molecule has 6 nitrogen and oxygen atoms in total. The van der Waals surface area contributed by atoms with E-state index in [2.05, 4.69) is 22.4 Å². The highest BCUT2D eigenvalue weighted by molar-refractivity contribution is 8.00. The van der Waals surface area contributed by atoms with Gasteiger partial charge in [-0.05, 0) is 37.6 Å². The van der Waals surface area contributed by atoms with Gasteiger partial charge in [0.2, 0.25) is 5.91 Å². The summed E-state index contributed by atoms with van der Waals surface area (Å²) in [5.74, 6) is 0.745. The van der Waals surface area contributed by atoms with Crippen LogP contribution in [0.4, 0.5) is 0 Å². The van der Waals surface area contributed by atoms with Crippen LogP contribution in [0.5, 0.6) is 0 Å². The van der Waals surface area contributed by atoms with Crippen molar-refractivity contribution in [3.05, 3.63) is 29.3 Å². The van der Waals surface area contributed by atoms with E-state index >= 15 is 0 Å². The van der Waals surface area contributed by atoms with Crippen LogP contribution in [0.2, 0.25) is 5.02 Å². The first-order chi connectivity index (χ1) is 12.1. The normalized spacial score (nSPS) is 12.2. The van der Waals surface area contributed by atoms with Gasteiger partial charge in [0.1, 0.15) is 0 Å². The standard InChI is InChI=1S/C17H23ClN4O2S/c1-4-10-22-15(13-5-7-14(18)8-6-13)20-21-17(22)25-12(2)16(23)19-9-11-24-3/h5-8,12H,4,9-11H2,1-3H3,(H,19,23)/t12-/m1/s1. The molecule has 1 heterocycles. The van der Waals surface area contributed by atoms with Crippen molar-refractivity contribution in [2.24, 2.45) is 0 Å². The van der Waals surface area contributed by atoms with Crippen LogP contribution in [-0.2, 0) is 16.1 Å². The van der Waals surface area contributed by atoms with Gasteiger partial charge in [-0.2, -0.15) is 0 Å². The molecule has 25 heavy (non-hydrogen) atoms. The number of nitrogens with one attached hydrogen (secondary N) is 1. The van der Waals surface area contributed by atoms with Crippen molar-refractivity contribution in [2.45, 2.75) is 37.2 Å². The summed E-state index contributed by atoms with van der Waals surface area (Å²) in [5.41, 5.74) is 0.953. The van der Waals surface area contributed by atoms with E-state index < -0.39 is 0 Å². The van der Waals surface area contributed by atoms with Crippen molar-refractivity contribution >= 4 is 29.3 Å². The monoisotopic (exact) mass is 382 g/mol. The minimum absolute atomic E-state index is 0.0406. The first-order valence-electron chi connectivity index (χ1n) is 8.19. The molecule has 2 rings (SSSR count). The average Bonchev–Trinajstić information content (AvgIpc) is 2.98. The zero-order valence-corrected chi connectivity index (χ0v) is 16.2. The van der Waals surface area contributed by atoms with Gasteiger partial charge in [-0.15, -0.1) is 10.2 Å². The number of benzene rings is 1. The summed E-state index contributed by atoms with van der Waals surface area (Å²) in [7, 11) is 1.61. The maximum Gasteiger partial charge on any atom is 0.233 e. The Balaban J connectivity index is 2.15. The third-order valence-electron chi connectivity index (χ3n) is 3.52. The van der Waals surface area contributed by atoms with E-state index in [-0.39, 0.29) is 11.2 Å². The molecule has 0 saturated heterocycles. The average molecular weight is 383 g/mol. The third kappa shape index (κ3) is 5.45. The first kappa shape index (κ1) is 19.8. The van der Waals surface area contributed by atoms with Crippen molar-refractivity contribution < 1.29 is 9.53 Å². The van der Waals surface area contributed by atoms with Crippen LogP contribution >= 0.6 is 23.4 Å². The number of carbonyl (C=O) groups is 1. The molecule has 0 fully saturated rings. The maximum absolute atomic E-state index is 12.1. The molecule has 1 aromatic carbocycles. The largest absolute Gasteiger partial charge is 0.383 e. The lowest BCUT2D eigenvalue weighted by Gasteiger charge is -2.13. The SMILES string of the molecule is CCCn1c(S[C@H](C)C(=O)NCCOC)nnc1-c1ccc(Cl)cc1. The number of halogens is 1. The first-order valence-corrected chi connectivity index (χ1v) is 9.45. The number of rotatable bonds is 9. The maximum atomic E-state index is 12.1. The fourth-order valence-electron chi connectivity index (χ4n) is 2.25. The van der Waals surface area contributed by atoms with Crippen LogP contribution in [0.1, 0.15) is 20.3 Å². The lowest BCUT2D eigenvalue weighted by atomic mass is 10.2. The second-order valence-electron chi connectivity index (χ2n) is 5.51. The summed E-state index contributed by atoms with van der Waals surface area (Å²) in [5, 5.41) is 12.6. The molecular formula is C17H23ClN4O2S. The van der Waals surface area contributed by atoms with Crippen molar-refractivity contribution in [3.63, 3.8) is 0 Å². The van der Waals surface area contributed by atoms with Gasteiger partial charge in [0, 0.05) is 30.8 Å². The van der Waals surface area contributed by atoms with Gasteiger partial charge in [0.15, 0.2) is 11.0 Å². The Kier molecular flexibility index (Phi) is 7.74. The number of ether oxygens (including phenoxy) is 1. The molecule has 1 atom stereocenters. The van der Waals surface area contributed by atoms with Crippen molar-refractivity contribution in [3.8, 4) is 11.4 Å². The Labute approximate surface area is 157 Å². The fraction of sp³-hybridized carbons (Fsp3) is 0.471. The molecule has 0 unspecified atom stereocenters. The van der Waals surface area contributed by atoms with E-state index in [4.69, 9.17) is 16.3 Å². The predicted molar refractivity (Wildman–Crippen MR) is 101 cm³/mol. The van der Waals surface area contributed by atoms with Crippen LogP contribution in [0, 0.1) is 0 Å². The van der Waals surface area contributed by atoms with Crippen LogP contribution in [0.25, 0.3) is 11.4 Å². The molecule has 8 heteroatoms. The van der Waals surface area contributed by atoms with E-state index in [0.717, 1.165) is 29.5 Å². The van der Waals surface area contributed by atoms with Gasteiger partial charge in [-0.1, -0.05) is 30.3 Å². The number of amides is 1. The highest BCUT2D eigenvalue weighted by Crippen LogP contribution is 2.27. The molecule has 2 aromatic rings. The van der Waals surface area contributed by atoms with E-state index in [1.54, 1.807) is 7.11 Å². The highest BCUT2D eigenvalue weighted by atomic mass is 35.5. The minimum Gasteiger partial charge on any atom is -0.383 e. The topological polar surface area (TPSA) is 69.0 Å². The molecule has 1 aromatic heterocycles. The summed E-state index contributed by atoms with van der Waals surface area (Å²) in [6.45, 7) is 5.74. The zero-order valence-electron chi connectivity index (χ0n) is 14.7. The summed E-state index contributed by atoms with van der Waals surface area (Å²) in [4.78, 5) is 12.1. The van der Waals surface area contributed by atoms with Gasteiger partial charge in [-0.25, -0.2) is 0 Å². The molecule has 136 valence electrons. The molecule has 1 N–H and O–H groups in total. The van der Waals surface area contributed by atoms with Crippen LogP contribution in [0.3, 0.4) is 0 Å². The van der Waals surface area contributed by atoms with E-state index in [1.807, 2.05) is 35.8 Å². The summed E-state index contributed by atoms with van der Waals surface area (Å²) in [6.07, 6.45) is 0.945. The summed E-state index contributed by atoms with van der Waals surface area (Å²) >= 11 is 7.37. The summed E-state index contributed by atoms with van der Waals surface area (Å²) in [6, 6.07) is 7.52. The van der Waals surface area contributed by atoms with Crippen LogP contribution in [-0.4, -0.2) is 46.2 Å². The molecule has 0 aliphatic carbocycles. The number of methoxy groups -OCH3 is 1. The predicted octanol–water partition coefficient (Wildman–Crippen LogP) is 3.25. The molecular weight excluding hydrogens is 360 g/mol. The van der Waals surface area contributed by atoms with Gasteiger partial charge in [0.05, 0.1) is 11.9 Å². The third-order valence-corrected chi connectivity index (χ3v) is 4.86. The number of nitrogens with zero attached hydrogens (tertiary/aromatic N) is 3. The van der Waals surface area contributed by atoms with Gasteiger partial charge < -0.3 is 14.6 Å². The number of aromatic nitrogens is 3. The highest BCUT2D eigenvalue weighted by Gasteiger charge is 2.20. The number of thioether (sulfide) groups is 1. The molecule has 0 saturated carbocycles. The van der Waals surface area contributed by atoms with Crippen LogP contribution in [0.15, 0.2) is 29.4 Å². The Morgan fingerprint density at radius 1 is 1.36 bits per heavy atom. The Hall–Kier alpha value is -1.57. The second kappa shape index (κ2) is 9.79. The second-order valence-corrected chi connectivity index (χ2v) is 7.25. The lowest BCUT2D eigenvalue weighted by Crippen LogP contribution is -2.33. The van der Waals surface area contributed by atoms with Gasteiger partial charge in [0.25, 0.3) is 0 Å². The number of hydrogen-bond acceptors (Lipinski definition) is 5. The van der Waals surface area contributed by atoms with Crippen LogP contribution < -0.4 is 5.32 Å². The van der Waals surface area contributed by atoms with E-state index in [1.165, 1.54) is 11.8 Å². The molecule has 0 aliphatic rings. The summed E-state index contributed by atoms with van der Waals surface area (Å²) < 4.78 is 6.99. The molecule has 0 spiro atoms. The molecule has 1 amide bonds. The Bertz CT molecular complexity index is 690. The zero-order chi connectivity index (χ0) is 18.2. The van der Waals surface area contributed by atoms with Crippen molar-refractivity contribution in [2.75, 3.05) is 20.3 Å². The van der Waals surface area contributed by atoms with E-state index in [9.17, 15) is 4.79 Å². The van der Waals surface area contributed by atoms with Gasteiger partial charge in [-0.3, -0.25) is 4.79 Å². The Morgan fingerprint density at radius 2 is 2.08 bits per heavy atom. The number of carbonyl (C=O) groups excluding carboxylic acids is 1. The smallest absolute Gasteiger partial charge is 0.233 e. The van der Waals surface area contributed by atoms with Gasteiger partial charge >= 0.3 is 0 Å². The lowest BCUT2D eigenvalue weighted by molar-refractivity contribution is -0.120. The quantitative estimate of drug-likeness (QED) is 0.532. The number of hydrogen-bond donors (Lipinski definition) is 1. The van der Waals surface area contributed by atoms with E-state index in [0.29, 0.717) is 18.2 Å². The van der Waals surface area contributed by atoms with Crippen molar-refractivity contribution in [1.29, 1.82) is 0 Å².